The van der Waals surface area contributed by atoms with Gasteiger partial charge in [-0.2, -0.15) is 0 Å². The van der Waals surface area contributed by atoms with Crippen molar-refractivity contribution < 1.29 is 9.59 Å². The zero-order valence-corrected chi connectivity index (χ0v) is 13.9. The number of hydrogen-bond donors (Lipinski definition) is 1. The zero-order valence-electron chi connectivity index (χ0n) is 12.4. The van der Waals surface area contributed by atoms with Gasteiger partial charge < -0.3 is 10.6 Å². The van der Waals surface area contributed by atoms with Gasteiger partial charge in [0, 0.05) is 30.2 Å². The minimum Gasteiger partial charge on any atom is -0.369 e. The minimum absolute atomic E-state index is 0.0128. The van der Waals surface area contributed by atoms with Crippen LogP contribution in [0, 0.1) is 5.92 Å². The molecule has 7 heteroatoms. The highest BCUT2D eigenvalue weighted by Crippen LogP contribution is 2.20. The molecule has 22 heavy (non-hydrogen) atoms. The van der Waals surface area contributed by atoms with E-state index in [9.17, 15) is 9.59 Å². The number of nitrogens with zero attached hydrogens (tertiary/aromatic N) is 2. The molecule has 1 heterocycles. The molecule has 0 unspecified atom stereocenters. The molecule has 1 saturated heterocycles. The number of nitrogens with two attached hydrogens (primary N) is 1. The third-order valence-corrected chi connectivity index (χ3v) is 4.24. The van der Waals surface area contributed by atoms with E-state index in [0.717, 1.165) is 18.5 Å². The van der Waals surface area contributed by atoms with Crippen LogP contribution in [0.25, 0.3) is 0 Å². The van der Waals surface area contributed by atoms with Crippen LogP contribution < -0.4 is 5.73 Å². The number of hydrogen-bond acceptors (Lipinski definition) is 3. The van der Waals surface area contributed by atoms with E-state index in [2.05, 4.69) is 0 Å². The topological polar surface area (TPSA) is 66.6 Å². The van der Waals surface area contributed by atoms with Crippen LogP contribution in [0.4, 0.5) is 0 Å². The molecular weight excluding hydrogens is 325 g/mol. The molecule has 1 fully saturated rings. The van der Waals surface area contributed by atoms with E-state index in [4.69, 9.17) is 28.9 Å². The first-order valence-corrected chi connectivity index (χ1v) is 7.81. The molecule has 1 atom stereocenters. The second-order valence-corrected chi connectivity index (χ2v) is 6.52. The Morgan fingerprint density at radius 3 is 2.50 bits per heavy atom. The molecule has 120 valence electrons. The highest BCUT2D eigenvalue weighted by atomic mass is 35.5. The summed E-state index contributed by atoms with van der Waals surface area (Å²) in [6, 6.07) is 5.23. The van der Waals surface area contributed by atoms with Gasteiger partial charge >= 0.3 is 0 Å². The van der Waals surface area contributed by atoms with Gasteiger partial charge in [-0.3, -0.25) is 14.5 Å². The molecule has 0 bridgehead atoms. The first kappa shape index (κ1) is 17.1. The van der Waals surface area contributed by atoms with Crippen molar-refractivity contribution in [2.75, 3.05) is 26.7 Å². The molecule has 1 aliphatic rings. The summed E-state index contributed by atoms with van der Waals surface area (Å²) in [4.78, 5) is 27.0. The van der Waals surface area contributed by atoms with Crippen molar-refractivity contribution in [2.45, 2.75) is 13.0 Å². The quantitative estimate of drug-likeness (QED) is 0.885. The summed E-state index contributed by atoms with van der Waals surface area (Å²) in [6.45, 7) is 1.99. The van der Waals surface area contributed by atoms with Gasteiger partial charge in [0.25, 0.3) is 0 Å². The fourth-order valence-electron chi connectivity index (χ4n) is 2.58. The number of carbonyl (C=O) groups excluding carboxylic acids is 2. The predicted molar refractivity (Wildman–Crippen MR) is 86.7 cm³/mol. The van der Waals surface area contributed by atoms with Gasteiger partial charge in [-0.25, -0.2) is 0 Å². The molecular formula is C15H19Cl2N3O2. The van der Waals surface area contributed by atoms with Gasteiger partial charge in [-0.1, -0.05) is 23.2 Å². The molecule has 0 saturated carbocycles. The Labute approximate surface area is 139 Å². The lowest BCUT2D eigenvalue weighted by Gasteiger charge is -2.21. The van der Waals surface area contributed by atoms with Crippen molar-refractivity contribution in [1.82, 2.24) is 9.80 Å². The Morgan fingerprint density at radius 2 is 1.95 bits per heavy atom. The molecule has 1 aliphatic heterocycles. The van der Waals surface area contributed by atoms with Crippen LogP contribution in [0.1, 0.15) is 12.0 Å². The number of likely N-dealkylation sites (N-methyl/N-ethyl adjacent to an activating group) is 1. The van der Waals surface area contributed by atoms with Crippen LogP contribution in [-0.2, 0) is 16.1 Å². The predicted octanol–water partition coefficient (Wildman–Crippen LogP) is 1.76. The van der Waals surface area contributed by atoms with Gasteiger partial charge in [-0.15, -0.1) is 0 Å². The summed E-state index contributed by atoms with van der Waals surface area (Å²) >= 11 is 11.9. The molecule has 0 radical (unpaired) electrons. The first-order valence-electron chi connectivity index (χ1n) is 7.05. The largest absolute Gasteiger partial charge is 0.369 e. The van der Waals surface area contributed by atoms with E-state index in [0.29, 0.717) is 23.1 Å². The highest BCUT2D eigenvalue weighted by Gasteiger charge is 2.28. The van der Waals surface area contributed by atoms with Gasteiger partial charge in [0.15, 0.2) is 0 Å². The van der Waals surface area contributed by atoms with Crippen LogP contribution in [0.3, 0.4) is 0 Å². The fourth-order valence-corrected chi connectivity index (χ4v) is 3.16. The average Bonchev–Trinajstić information content (AvgIpc) is 2.86. The number of likely N-dealkylation sites (tertiary alicyclic amines) is 1. The lowest BCUT2D eigenvalue weighted by molar-refractivity contribution is -0.131. The third kappa shape index (κ3) is 4.60. The minimum atomic E-state index is -0.295. The Bertz CT molecular complexity index is 560. The third-order valence-electron chi connectivity index (χ3n) is 3.80. The number of carbonyl (C=O) groups is 2. The Morgan fingerprint density at radius 1 is 1.32 bits per heavy atom. The summed E-state index contributed by atoms with van der Waals surface area (Å²) in [6.07, 6.45) is 0.718. The standard InChI is InChI=1S/C15H19Cl2N3O2/c1-19(7-10-4-12(16)6-13(17)5-10)14(21)9-20-3-2-11(8-20)15(18)22/h4-6,11H,2-3,7-9H2,1H3,(H2,18,22)/t11-/m0/s1. The first-order chi connectivity index (χ1) is 10.3. The van der Waals surface area contributed by atoms with Gasteiger partial charge in [0.05, 0.1) is 12.5 Å². The van der Waals surface area contributed by atoms with Gasteiger partial charge in [0.1, 0.15) is 0 Å². The number of primary amides is 1. The van der Waals surface area contributed by atoms with Crippen LogP contribution in [0.15, 0.2) is 18.2 Å². The van der Waals surface area contributed by atoms with Crippen LogP contribution >= 0.6 is 23.2 Å². The van der Waals surface area contributed by atoms with Crippen LogP contribution in [0.5, 0.6) is 0 Å². The Kier molecular flexibility index (Phi) is 5.67. The average molecular weight is 344 g/mol. The summed E-state index contributed by atoms with van der Waals surface area (Å²) < 4.78 is 0. The highest BCUT2D eigenvalue weighted by molar-refractivity contribution is 6.34. The Hall–Kier alpha value is -1.30. The molecule has 1 aromatic rings. The van der Waals surface area contributed by atoms with Crippen molar-refractivity contribution in [1.29, 1.82) is 0 Å². The lowest BCUT2D eigenvalue weighted by atomic mass is 10.1. The maximum absolute atomic E-state index is 12.3. The van der Waals surface area contributed by atoms with E-state index < -0.39 is 0 Å². The molecule has 0 aromatic heterocycles. The maximum Gasteiger partial charge on any atom is 0.236 e. The molecule has 0 spiro atoms. The molecule has 1 aromatic carbocycles. The monoisotopic (exact) mass is 343 g/mol. The fraction of sp³-hybridized carbons (Fsp3) is 0.467. The smallest absolute Gasteiger partial charge is 0.236 e. The van der Waals surface area contributed by atoms with E-state index in [1.54, 1.807) is 30.1 Å². The lowest BCUT2D eigenvalue weighted by Crippen LogP contribution is -2.37. The maximum atomic E-state index is 12.3. The summed E-state index contributed by atoms with van der Waals surface area (Å²) in [7, 11) is 1.73. The zero-order chi connectivity index (χ0) is 16.3. The summed E-state index contributed by atoms with van der Waals surface area (Å²) in [5.74, 6) is -0.456. The number of rotatable bonds is 5. The van der Waals surface area contributed by atoms with Crippen molar-refractivity contribution in [3.8, 4) is 0 Å². The second-order valence-electron chi connectivity index (χ2n) is 5.65. The van der Waals surface area contributed by atoms with Gasteiger partial charge in [0.2, 0.25) is 11.8 Å². The SMILES string of the molecule is CN(Cc1cc(Cl)cc(Cl)c1)C(=O)CN1CC[C@H](C(N)=O)C1. The molecule has 0 aliphatic carbocycles. The molecule has 5 nitrogen and oxygen atoms in total. The molecule has 2 amide bonds. The number of benzene rings is 1. The molecule has 2 N–H and O–H groups in total. The van der Waals surface area contributed by atoms with Crippen LogP contribution in [0.2, 0.25) is 10.0 Å². The van der Waals surface area contributed by atoms with Crippen molar-refractivity contribution in [3.63, 3.8) is 0 Å². The van der Waals surface area contributed by atoms with E-state index in [1.165, 1.54) is 0 Å². The van der Waals surface area contributed by atoms with Crippen molar-refractivity contribution in [3.05, 3.63) is 33.8 Å². The van der Waals surface area contributed by atoms with Gasteiger partial charge in [-0.05, 0) is 36.7 Å². The summed E-state index contributed by atoms with van der Waals surface area (Å²) in [5.41, 5.74) is 6.17. The second kappa shape index (κ2) is 7.31. The summed E-state index contributed by atoms with van der Waals surface area (Å²) in [5, 5.41) is 1.10. The van der Waals surface area contributed by atoms with Crippen molar-refractivity contribution in [2.24, 2.45) is 11.7 Å². The van der Waals surface area contributed by atoms with E-state index in [-0.39, 0.29) is 24.3 Å². The number of amides is 2. The van der Waals surface area contributed by atoms with E-state index in [1.807, 2.05) is 4.90 Å². The normalized spacial score (nSPS) is 18.4. The van der Waals surface area contributed by atoms with Crippen LogP contribution in [-0.4, -0.2) is 48.3 Å². The van der Waals surface area contributed by atoms with E-state index >= 15 is 0 Å². The van der Waals surface area contributed by atoms with Crippen molar-refractivity contribution >= 4 is 35.0 Å². The Balaban J connectivity index is 1.88. The molecule has 2 rings (SSSR count). The number of halogens is 2.